The van der Waals surface area contributed by atoms with Crippen LogP contribution in [0, 0.1) is 12.8 Å². The summed E-state index contributed by atoms with van der Waals surface area (Å²) in [6, 6.07) is 14.1. The Morgan fingerprint density at radius 1 is 1.26 bits per heavy atom. The van der Waals surface area contributed by atoms with Crippen LogP contribution in [0.3, 0.4) is 0 Å². The predicted molar refractivity (Wildman–Crippen MR) is 92.4 cm³/mol. The molecule has 23 heavy (non-hydrogen) atoms. The van der Waals surface area contributed by atoms with Gasteiger partial charge in [-0.25, -0.2) is 0 Å². The van der Waals surface area contributed by atoms with Gasteiger partial charge in [-0.2, -0.15) is 0 Å². The molecule has 1 fully saturated rings. The molecule has 0 spiro atoms. The van der Waals surface area contributed by atoms with Gasteiger partial charge in [0.25, 0.3) is 0 Å². The van der Waals surface area contributed by atoms with Gasteiger partial charge < -0.3 is 10.2 Å². The molecule has 1 saturated heterocycles. The molecule has 1 atom stereocenters. The number of aryl methyl sites for hydroxylation is 1. The van der Waals surface area contributed by atoms with E-state index in [0.29, 0.717) is 12.3 Å². The second-order valence-electron chi connectivity index (χ2n) is 6.19. The van der Waals surface area contributed by atoms with E-state index in [0.717, 1.165) is 31.7 Å². The van der Waals surface area contributed by atoms with Crippen LogP contribution in [0.4, 0.5) is 5.69 Å². The fraction of sp³-hybridized carbons (Fsp3) is 0.368. The number of hydrogen-bond donors (Lipinski definition) is 1. The molecule has 4 heteroatoms. The summed E-state index contributed by atoms with van der Waals surface area (Å²) in [4.78, 5) is 18.6. The summed E-state index contributed by atoms with van der Waals surface area (Å²) in [5, 5.41) is 3.05. The van der Waals surface area contributed by atoms with Crippen LogP contribution in [0.15, 0.2) is 48.7 Å². The number of carbonyl (C=O) groups excluding carboxylic acids is 1. The molecule has 1 aromatic heterocycles. The van der Waals surface area contributed by atoms with Gasteiger partial charge in [0, 0.05) is 37.2 Å². The molecule has 0 aliphatic carbocycles. The number of carbonyl (C=O) groups is 1. The van der Waals surface area contributed by atoms with Crippen molar-refractivity contribution < 1.29 is 4.79 Å². The third kappa shape index (κ3) is 4.09. The lowest BCUT2D eigenvalue weighted by molar-refractivity contribution is -0.120. The van der Waals surface area contributed by atoms with Crippen molar-refractivity contribution in [2.45, 2.75) is 19.8 Å². The molecule has 1 N–H and O–H groups in total. The number of benzene rings is 1. The summed E-state index contributed by atoms with van der Waals surface area (Å²) >= 11 is 0. The van der Waals surface area contributed by atoms with Crippen molar-refractivity contribution in [3.63, 3.8) is 0 Å². The molecule has 0 radical (unpaired) electrons. The molecular formula is C19H23N3O. The van der Waals surface area contributed by atoms with Gasteiger partial charge in [-0.05, 0) is 43.0 Å². The maximum absolute atomic E-state index is 12.0. The van der Waals surface area contributed by atoms with Crippen LogP contribution in [0.5, 0.6) is 0 Å². The molecule has 1 aromatic carbocycles. The first kappa shape index (κ1) is 15.5. The van der Waals surface area contributed by atoms with E-state index in [-0.39, 0.29) is 5.91 Å². The van der Waals surface area contributed by atoms with Gasteiger partial charge in [0.05, 0.1) is 6.42 Å². The van der Waals surface area contributed by atoms with Gasteiger partial charge in [0.1, 0.15) is 0 Å². The summed E-state index contributed by atoms with van der Waals surface area (Å²) in [6.07, 6.45) is 3.20. The predicted octanol–water partition coefficient (Wildman–Crippen LogP) is 2.58. The number of anilines is 1. The van der Waals surface area contributed by atoms with E-state index in [4.69, 9.17) is 0 Å². The zero-order valence-electron chi connectivity index (χ0n) is 13.5. The lowest BCUT2D eigenvalue weighted by Crippen LogP contribution is -2.32. The van der Waals surface area contributed by atoms with Crippen molar-refractivity contribution in [3.05, 3.63) is 59.9 Å². The molecule has 1 amide bonds. The molecule has 3 rings (SSSR count). The van der Waals surface area contributed by atoms with Crippen molar-refractivity contribution in [1.82, 2.24) is 10.3 Å². The highest BCUT2D eigenvalue weighted by Gasteiger charge is 2.23. The van der Waals surface area contributed by atoms with Crippen LogP contribution in [0.25, 0.3) is 0 Å². The molecule has 0 saturated carbocycles. The van der Waals surface area contributed by atoms with Crippen molar-refractivity contribution >= 4 is 11.6 Å². The van der Waals surface area contributed by atoms with Gasteiger partial charge in [-0.15, -0.1) is 0 Å². The van der Waals surface area contributed by atoms with Crippen molar-refractivity contribution in [1.29, 1.82) is 0 Å². The van der Waals surface area contributed by atoms with Crippen LogP contribution in [-0.4, -0.2) is 30.5 Å². The molecule has 1 aliphatic rings. The van der Waals surface area contributed by atoms with Gasteiger partial charge in [-0.1, -0.05) is 24.3 Å². The number of hydrogen-bond acceptors (Lipinski definition) is 3. The first-order valence-electron chi connectivity index (χ1n) is 8.19. The largest absolute Gasteiger partial charge is 0.371 e. The molecule has 1 unspecified atom stereocenters. The first-order chi connectivity index (χ1) is 11.2. The minimum Gasteiger partial charge on any atom is -0.371 e. The summed E-state index contributed by atoms with van der Waals surface area (Å²) in [5.74, 6) is 0.570. The number of amides is 1. The number of nitrogens with one attached hydrogen (secondary N) is 1. The summed E-state index contributed by atoms with van der Waals surface area (Å²) in [7, 11) is 0. The van der Waals surface area contributed by atoms with E-state index in [9.17, 15) is 4.79 Å². The Morgan fingerprint density at radius 3 is 2.87 bits per heavy atom. The lowest BCUT2D eigenvalue weighted by atomic mass is 10.1. The minimum absolute atomic E-state index is 0.0537. The third-order valence-corrected chi connectivity index (χ3v) is 4.40. The number of nitrogens with zero attached hydrogens (tertiary/aromatic N) is 2. The lowest BCUT2D eigenvalue weighted by Gasteiger charge is -2.21. The zero-order valence-corrected chi connectivity index (χ0v) is 13.5. The van der Waals surface area contributed by atoms with E-state index in [2.05, 4.69) is 46.4 Å². The number of pyridine rings is 1. The van der Waals surface area contributed by atoms with E-state index in [1.807, 2.05) is 18.2 Å². The maximum Gasteiger partial charge on any atom is 0.226 e. The highest BCUT2D eigenvalue weighted by molar-refractivity contribution is 5.78. The Labute approximate surface area is 137 Å². The molecule has 0 bridgehead atoms. The Bertz CT molecular complexity index is 657. The van der Waals surface area contributed by atoms with Crippen molar-refractivity contribution in [2.75, 3.05) is 24.5 Å². The van der Waals surface area contributed by atoms with Crippen molar-refractivity contribution in [2.24, 2.45) is 5.92 Å². The molecule has 2 aromatic rings. The van der Waals surface area contributed by atoms with Gasteiger partial charge in [0.15, 0.2) is 0 Å². The summed E-state index contributed by atoms with van der Waals surface area (Å²) in [6.45, 7) is 4.96. The molecule has 4 nitrogen and oxygen atoms in total. The van der Waals surface area contributed by atoms with Gasteiger partial charge in [-0.3, -0.25) is 9.78 Å². The third-order valence-electron chi connectivity index (χ3n) is 4.40. The SMILES string of the molecule is Cc1ccccc1N1CCC(CNC(=O)Cc2ccccn2)C1. The average molecular weight is 309 g/mol. The molecule has 1 aliphatic heterocycles. The standard InChI is InChI=1S/C19H23N3O/c1-15-6-2-3-8-18(15)22-11-9-16(14-22)13-21-19(23)12-17-7-4-5-10-20-17/h2-8,10,16H,9,11-14H2,1H3,(H,21,23). The van der Waals surface area contributed by atoms with Crippen LogP contribution < -0.4 is 10.2 Å². The quantitative estimate of drug-likeness (QED) is 0.923. The average Bonchev–Trinajstić information content (AvgIpc) is 3.03. The van der Waals surface area contributed by atoms with Crippen molar-refractivity contribution in [3.8, 4) is 0 Å². The van der Waals surface area contributed by atoms with E-state index in [1.165, 1.54) is 11.3 Å². The maximum atomic E-state index is 12.0. The van der Waals surface area contributed by atoms with Crippen LogP contribution in [0.1, 0.15) is 17.7 Å². The monoisotopic (exact) mass is 309 g/mol. The second kappa shape index (κ2) is 7.27. The first-order valence-corrected chi connectivity index (χ1v) is 8.19. The minimum atomic E-state index is 0.0537. The fourth-order valence-corrected chi connectivity index (χ4v) is 3.12. The van der Waals surface area contributed by atoms with Crippen LogP contribution in [0.2, 0.25) is 0 Å². The zero-order chi connectivity index (χ0) is 16.1. The number of aromatic nitrogens is 1. The summed E-state index contributed by atoms with van der Waals surface area (Å²) in [5.41, 5.74) is 3.44. The Balaban J connectivity index is 1.47. The van der Waals surface area contributed by atoms with Gasteiger partial charge in [0.2, 0.25) is 5.91 Å². The molecule has 2 heterocycles. The highest BCUT2D eigenvalue weighted by Crippen LogP contribution is 2.26. The van der Waals surface area contributed by atoms with Crippen LogP contribution in [-0.2, 0) is 11.2 Å². The number of rotatable bonds is 5. The second-order valence-corrected chi connectivity index (χ2v) is 6.19. The molecular weight excluding hydrogens is 286 g/mol. The van der Waals surface area contributed by atoms with E-state index >= 15 is 0 Å². The van der Waals surface area contributed by atoms with Crippen LogP contribution >= 0.6 is 0 Å². The topological polar surface area (TPSA) is 45.2 Å². The highest BCUT2D eigenvalue weighted by atomic mass is 16.1. The van der Waals surface area contributed by atoms with Gasteiger partial charge >= 0.3 is 0 Å². The number of para-hydroxylation sites is 1. The van der Waals surface area contributed by atoms with E-state index in [1.54, 1.807) is 6.20 Å². The Morgan fingerprint density at radius 2 is 2.09 bits per heavy atom. The normalized spacial score (nSPS) is 17.3. The smallest absolute Gasteiger partial charge is 0.226 e. The van der Waals surface area contributed by atoms with E-state index < -0.39 is 0 Å². The Kier molecular flexibility index (Phi) is 4.91. The molecule has 120 valence electrons. The summed E-state index contributed by atoms with van der Waals surface area (Å²) < 4.78 is 0. The Hall–Kier alpha value is -2.36. The fourth-order valence-electron chi connectivity index (χ4n) is 3.12.